The number of thiazole rings is 1. The summed E-state index contributed by atoms with van der Waals surface area (Å²) in [5.41, 5.74) is 1.33. The molecule has 19 heavy (non-hydrogen) atoms. The summed E-state index contributed by atoms with van der Waals surface area (Å²) >= 11 is 1.84. The normalized spacial score (nSPS) is 24.0. The third-order valence-corrected chi connectivity index (χ3v) is 5.63. The Labute approximate surface area is 120 Å². The van der Waals surface area contributed by atoms with E-state index >= 15 is 0 Å². The van der Waals surface area contributed by atoms with Gasteiger partial charge in [0, 0.05) is 36.2 Å². The maximum absolute atomic E-state index is 4.79. The Hall–Kier alpha value is -0.450. The molecule has 2 fully saturated rings. The number of hydrogen-bond acceptors (Lipinski definition) is 4. The molecule has 0 bridgehead atoms. The smallest absolute Gasteiger partial charge is 0.113 e. The number of aryl methyl sites for hydroxylation is 1. The standard InChI is InChI=1S/C15H25N3S/c1-11(2)18-8-6-15(7-9-18,17-13-4-5-13)14-16-12(3)10-19-14/h10-11,13,17H,4-9H2,1-3H3. The summed E-state index contributed by atoms with van der Waals surface area (Å²) in [5, 5.41) is 7.43. The molecule has 106 valence electrons. The zero-order valence-electron chi connectivity index (χ0n) is 12.3. The van der Waals surface area contributed by atoms with Crippen LogP contribution in [0.2, 0.25) is 0 Å². The van der Waals surface area contributed by atoms with Gasteiger partial charge in [-0.15, -0.1) is 11.3 Å². The second-order valence-corrected chi connectivity index (χ2v) is 7.28. The highest BCUT2D eigenvalue weighted by Crippen LogP contribution is 2.38. The molecule has 0 spiro atoms. The monoisotopic (exact) mass is 279 g/mol. The van der Waals surface area contributed by atoms with E-state index in [9.17, 15) is 0 Å². The van der Waals surface area contributed by atoms with E-state index in [1.54, 1.807) is 0 Å². The van der Waals surface area contributed by atoms with Gasteiger partial charge < -0.3 is 10.2 Å². The van der Waals surface area contributed by atoms with E-state index in [0.29, 0.717) is 6.04 Å². The van der Waals surface area contributed by atoms with Crippen LogP contribution in [0.4, 0.5) is 0 Å². The molecule has 0 radical (unpaired) electrons. The second-order valence-electron chi connectivity index (χ2n) is 6.42. The van der Waals surface area contributed by atoms with Crippen LogP contribution in [0.5, 0.6) is 0 Å². The maximum atomic E-state index is 4.79. The van der Waals surface area contributed by atoms with E-state index in [-0.39, 0.29) is 5.54 Å². The van der Waals surface area contributed by atoms with Crippen molar-refractivity contribution in [1.82, 2.24) is 15.2 Å². The first-order valence-electron chi connectivity index (χ1n) is 7.53. The number of nitrogens with zero attached hydrogens (tertiary/aromatic N) is 2. The van der Waals surface area contributed by atoms with E-state index < -0.39 is 0 Å². The minimum atomic E-state index is 0.158. The largest absolute Gasteiger partial charge is 0.303 e. The van der Waals surface area contributed by atoms with E-state index in [1.165, 1.54) is 49.5 Å². The number of nitrogens with one attached hydrogen (secondary N) is 1. The van der Waals surface area contributed by atoms with Crippen LogP contribution >= 0.6 is 11.3 Å². The van der Waals surface area contributed by atoms with Crippen LogP contribution in [-0.4, -0.2) is 35.1 Å². The molecule has 1 aliphatic carbocycles. The first-order chi connectivity index (χ1) is 9.09. The fraction of sp³-hybridized carbons (Fsp3) is 0.800. The van der Waals surface area contributed by atoms with Gasteiger partial charge >= 0.3 is 0 Å². The van der Waals surface area contributed by atoms with Gasteiger partial charge in [-0.1, -0.05) is 0 Å². The molecule has 0 unspecified atom stereocenters. The van der Waals surface area contributed by atoms with Crippen LogP contribution < -0.4 is 5.32 Å². The van der Waals surface area contributed by atoms with Crippen molar-refractivity contribution in [2.45, 2.75) is 64.1 Å². The van der Waals surface area contributed by atoms with Crippen LogP contribution in [0.3, 0.4) is 0 Å². The fourth-order valence-corrected chi connectivity index (χ4v) is 4.05. The fourth-order valence-electron chi connectivity index (χ4n) is 3.03. The molecule has 1 aromatic heterocycles. The van der Waals surface area contributed by atoms with Crippen LogP contribution in [0.25, 0.3) is 0 Å². The molecule has 1 aromatic rings. The second kappa shape index (κ2) is 5.15. The van der Waals surface area contributed by atoms with Gasteiger partial charge in [-0.25, -0.2) is 4.98 Å². The molecule has 3 rings (SSSR count). The van der Waals surface area contributed by atoms with E-state index in [1.807, 2.05) is 11.3 Å². The third kappa shape index (κ3) is 2.86. The predicted molar refractivity (Wildman–Crippen MR) is 80.6 cm³/mol. The molecule has 1 aliphatic heterocycles. The highest BCUT2D eigenvalue weighted by Gasteiger charge is 2.42. The van der Waals surface area contributed by atoms with E-state index in [4.69, 9.17) is 4.98 Å². The van der Waals surface area contributed by atoms with Crippen molar-refractivity contribution in [1.29, 1.82) is 0 Å². The average molecular weight is 279 g/mol. The van der Waals surface area contributed by atoms with Crippen molar-refractivity contribution in [3.8, 4) is 0 Å². The van der Waals surface area contributed by atoms with E-state index in [0.717, 1.165) is 6.04 Å². The lowest BCUT2D eigenvalue weighted by atomic mass is 9.87. The summed E-state index contributed by atoms with van der Waals surface area (Å²) in [6.45, 7) is 9.09. The molecule has 4 heteroatoms. The number of hydrogen-bond donors (Lipinski definition) is 1. The minimum Gasteiger partial charge on any atom is -0.303 e. The third-order valence-electron chi connectivity index (χ3n) is 4.47. The van der Waals surface area contributed by atoms with Crippen molar-refractivity contribution >= 4 is 11.3 Å². The van der Waals surface area contributed by atoms with E-state index in [2.05, 4.69) is 36.4 Å². The Kier molecular flexibility index (Phi) is 3.67. The molecule has 0 amide bonds. The summed E-state index contributed by atoms with van der Waals surface area (Å²) in [7, 11) is 0. The molecule has 1 saturated heterocycles. The lowest BCUT2D eigenvalue weighted by molar-refractivity contribution is 0.108. The summed E-state index contributed by atoms with van der Waals surface area (Å²) in [6.07, 6.45) is 5.10. The van der Waals surface area contributed by atoms with Gasteiger partial charge in [-0.05, 0) is 46.5 Å². The molecule has 0 aromatic carbocycles. The number of rotatable bonds is 4. The summed E-state index contributed by atoms with van der Waals surface area (Å²) < 4.78 is 0. The van der Waals surface area contributed by atoms with Gasteiger partial charge in [-0.2, -0.15) is 0 Å². The van der Waals surface area contributed by atoms with Gasteiger partial charge in [0.25, 0.3) is 0 Å². The zero-order chi connectivity index (χ0) is 13.5. The van der Waals surface area contributed by atoms with Crippen molar-refractivity contribution in [2.24, 2.45) is 0 Å². The molecule has 1 N–H and O–H groups in total. The molecule has 2 aliphatic rings. The molecule has 0 atom stereocenters. The van der Waals surface area contributed by atoms with Crippen LogP contribution in [0, 0.1) is 6.92 Å². The Morgan fingerprint density at radius 3 is 2.53 bits per heavy atom. The quantitative estimate of drug-likeness (QED) is 0.918. The number of aromatic nitrogens is 1. The molecular weight excluding hydrogens is 254 g/mol. The summed E-state index contributed by atoms with van der Waals surface area (Å²) in [5.74, 6) is 0. The Morgan fingerprint density at radius 1 is 1.37 bits per heavy atom. The molecular formula is C15H25N3S. The summed E-state index contributed by atoms with van der Waals surface area (Å²) in [4.78, 5) is 7.39. The lowest BCUT2D eigenvalue weighted by Crippen LogP contribution is -2.53. The van der Waals surface area contributed by atoms with Gasteiger partial charge in [-0.3, -0.25) is 0 Å². The topological polar surface area (TPSA) is 28.2 Å². The van der Waals surface area contributed by atoms with Crippen molar-refractivity contribution < 1.29 is 0 Å². The van der Waals surface area contributed by atoms with Gasteiger partial charge in [0.2, 0.25) is 0 Å². The maximum Gasteiger partial charge on any atom is 0.113 e. The molecule has 1 saturated carbocycles. The Bertz CT molecular complexity index is 428. The number of likely N-dealkylation sites (tertiary alicyclic amines) is 1. The minimum absolute atomic E-state index is 0.158. The van der Waals surface area contributed by atoms with Gasteiger partial charge in [0.05, 0.1) is 5.54 Å². The molecule has 2 heterocycles. The average Bonchev–Trinajstić information content (AvgIpc) is 3.08. The Morgan fingerprint density at radius 2 is 2.05 bits per heavy atom. The lowest BCUT2D eigenvalue weighted by Gasteiger charge is -2.43. The predicted octanol–water partition coefficient (Wildman–Crippen LogP) is 2.90. The summed E-state index contributed by atoms with van der Waals surface area (Å²) in [6, 6.07) is 1.41. The first kappa shape index (κ1) is 13.5. The highest BCUT2D eigenvalue weighted by atomic mass is 32.1. The highest BCUT2D eigenvalue weighted by molar-refractivity contribution is 7.09. The zero-order valence-corrected chi connectivity index (χ0v) is 13.1. The first-order valence-corrected chi connectivity index (χ1v) is 8.41. The van der Waals surface area contributed by atoms with Crippen LogP contribution in [0.1, 0.15) is 50.2 Å². The van der Waals surface area contributed by atoms with Crippen LogP contribution in [0.15, 0.2) is 5.38 Å². The van der Waals surface area contributed by atoms with Gasteiger partial charge in [0.1, 0.15) is 5.01 Å². The Balaban J connectivity index is 1.78. The molecule has 3 nitrogen and oxygen atoms in total. The SMILES string of the molecule is Cc1csc(C2(NC3CC3)CCN(C(C)C)CC2)n1. The van der Waals surface area contributed by atoms with Crippen molar-refractivity contribution in [2.75, 3.05) is 13.1 Å². The van der Waals surface area contributed by atoms with Crippen molar-refractivity contribution in [3.63, 3.8) is 0 Å². The van der Waals surface area contributed by atoms with Crippen molar-refractivity contribution in [3.05, 3.63) is 16.1 Å². The van der Waals surface area contributed by atoms with Crippen LogP contribution in [-0.2, 0) is 5.54 Å². The number of piperidine rings is 1. The van der Waals surface area contributed by atoms with Gasteiger partial charge in [0.15, 0.2) is 0 Å².